The van der Waals surface area contributed by atoms with Crippen molar-refractivity contribution in [1.29, 1.82) is 0 Å². The van der Waals surface area contributed by atoms with Crippen molar-refractivity contribution in [3.63, 3.8) is 0 Å². The highest BCUT2D eigenvalue weighted by molar-refractivity contribution is 5.95. The fraction of sp³-hybridized carbons (Fsp3) is 0.125. The summed E-state index contributed by atoms with van der Waals surface area (Å²) < 4.78 is 18.4. The highest BCUT2D eigenvalue weighted by Crippen LogP contribution is 2.15. The summed E-state index contributed by atoms with van der Waals surface area (Å²) in [4.78, 5) is 23.2. The van der Waals surface area contributed by atoms with E-state index in [2.05, 4.69) is 10.9 Å². The molecule has 2 N–H and O–H groups in total. The van der Waals surface area contributed by atoms with Crippen LogP contribution in [0.25, 0.3) is 0 Å². The van der Waals surface area contributed by atoms with Crippen molar-refractivity contribution in [2.24, 2.45) is 0 Å². The van der Waals surface area contributed by atoms with Gasteiger partial charge in [0.05, 0.1) is 13.0 Å². The van der Waals surface area contributed by atoms with Gasteiger partial charge in [0.15, 0.2) is 11.6 Å². The van der Waals surface area contributed by atoms with Crippen LogP contribution >= 0.6 is 0 Å². The smallest absolute Gasteiger partial charge is 0.269 e. The van der Waals surface area contributed by atoms with Crippen LogP contribution in [0.5, 0.6) is 5.75 Å². The summed E-state index contributed by atoms with van der Waals surface area (Å²) in [5, 5.41) is 0. The molecule has 0 saturated heterocycles. The maximum absolute atomic E-state index is 13.3. The lowest BCUT2D eigenvalue weighted by molar-refractivity contribution is -0.122. The average molecular weight is 302 g/mol. The number of rotatable bonds is 5. The number of amides is 2. The highest BCUT2D eigenvalue weighted by Gasteiger charge is 2.07. The van der Waals surface area contributed by atoms with Gasteiger partial charge in [-0.1, -0.05) is 30.3 Å². The Hall–Kier alpha value is -2.89. The Morgan fingerprint density at radius 1 is 0.955 bits per heavy atom. The van der Waals surface area contributed by atoms with Gasteiger partial charge in [-0.25, -0.2) is 4.39 Å². The number of hydrogen-bond acceptors (Lipinski definition) is 3. The van der Waals surface area contributed by atoms with Gasteiger partial charge < -0.3 is 4.74 Å². The highest BCUT2D eigenvalue weighted by atomic mass is 19.1. The number of hydrogen-bond donors (Lipinski definition) is 2. The molecule has 2 aromatic carbocycles. The van der Waals surface area contributed by atoms with Gasteiger partial charge in [-0.3, -0.25) is 20.4 Å². The summed E-state index contributed by atoms with van der Waals surface area (Å²) in [6, 6.07) is 14.4. The molecule has 0 atom stereocenters. The minimum Gasteiger partial charge on any atom is -0.490 e. The van der Waals surface area contributed by atoms with Gasteiger partial charge in [0.2, 0.25) is 5.91 Å². The van der Waals surface area contributed by atoms with Crippen molar-refractivity contribution in [2.45, 2.75) is 6.42 Å². The molecule has 0 saturated carbocycles. The molecule has 0 aliphatic carbocycles. The second kappa shape index (κ2) is 7.78. The number of hydrazine groups is 1. The van der Waals surface area contributed by atoms with E-state index in [1.807, 2.05) is 0 Å². The fourth-order valence-electron chi connectivity index (χ4n) is 1.67. The van der Waals surface area contributed by atoms with E-state index < -0.39 is 17.6 Å². The zero-order valence-corrected chi connectivity index (χ0v) is 11.7. The molecule has 22 heavy (non-hydrogen) atoms. The molecular formula is C16H15FN2O3. The van der Waals surface area contributed by atoms with Crippen LogP contribution < -0.4 is 15.6 Å². The molecular weight excluding hydrogens is 287 g/mol. The Labute approximate surface area is 127 Å². The van der Waals surface area contributed by atoms with Crippen LogP contribution in [-0.2, 0) is 4.79 Å². The summed E-state index contributed by atoms with van der Waals surface area (Å²) in [5.41, 5.74) is 5.00. The Bertz CT molecular complexity index is 647. The third kappa shape index (κ3) is 4.59. The lowest BCUT2D eigenvalue weighted by Crippen LogP contribution is -2.42. The minimum atomic E-state index is -0.486. The molecule has 0 spiro atoms. The third-order valence-corrected chi connectivity index (χ3v) is 2.77. The second-order valence-corrected chi connectivity index (χ2v) is 4.40. The summed E-state index contributed by atoms with van der Waals surface area (Å²) >= 11 is 0. The van der Waals surface area contributed by atoms with Crippen LogP contribution in [0.15, 0.2) is 54.6 Å². The summed E-state index contributed by atoms with van der Waals surface area (Å²) in [6.07, 6.45) is -0.0105. The van der Waals surface area contributed by atoms with Gasteiger partial charge in [-0.05, 0) is 24.3 Å². The Balaban J connectivity index is 1.70. The largest absolute Gasteiger partial charge is 0.490 e. The topological polar surface area (TPSA) is 67.4 Å². The van der Waals surface area contributed by atoms with E-state index in [0.717, 1.165) is 0 Å². The molecule has 0 aliphatic rings. The average Bonchev–Trinajstić information content (AvgIpc) is 2.55. The maximum Gasteiger partial charge on any atom is 0.269 e. The zero-order chi connectivity index (χ0) is 15.8. The van der Waals surface area contributed by atoms with Gasteiger partial charge in [-0.15, -0.1) is 0 Å². The molecule has 0 aromatic heterocycles. The van der Waals surface area contributed by atoms with E-state index >= 15 is 0 Å². The molecule has 5 nitrogen and oxygen atoms in total. The minimum absolute atomic E-state index is 0.00791. The van der Waals surface area contributed by atoms with Gasteiger partial charge >= 0.3 is 0 Å². The number of halogens is 1. The second-order valence-electron chi connectivity index (χ2n) is 4.40. The van der Waals surface area contributed by atoms with E-state index in [4.69, 9.17) is 4.74 Å². The van der Waals surface area contributed by atoms with E-state index in [1.165, 1.54) is 12.1 Å². The number of para-hydroxylation sites is 1. The van der Waals surface area contributed by atoms with E-state index in [0.29, 0.717) is 5.56 Å². The zero-order valence-electron chi connectivity index (χ0n) is 11.7. The molecule has 2 aromatic rings. The van der Waals surface area contributed by atoms with E-state index in [1.54, 1.807) is 42.5 Å². The van der Waals surface area contributed by atoms with Crippen LogP contribution in [0.3, 0.4) is 0 Å². The fourth-order valence-corrected chi connectivity index (χ4v) is 1.67. The van der Waals surface area contributed by atoms with Crippen LogP contribution in [0.2, 0.25) is 0 Å². The van der Waals surface area contributed by atoms with Crippen molar-refractivity contribution < 1.29 is 18.7 Å². The van der Waals surface area contributed by atoms with E-state index in [-0.39, 0.29) is 18.8 Å². The molecule has 114 valence electrons. The van der Waals surface area contributed by atoms with Gasteiger partial charge in [0.25, 0.3) is 5.91 Å². The molecule has 2 amide bonds. The predicted octanol–water partition coefficient (Wildman–Crippen LogP) is 2.06. The Morgan fingerprint density at radius 3 is 2.36 bits per heavy atom. The van der Waals surface area contributed by atoms with Crippen molar-refractivity contribution in [3.8, 4) is 5.75 Å². The van der Waals surface area contributed by atoms with Crippen molar-refractivity contribution >= 4 is 11.8 Å². The van der Waals surface area contributed by atoms with Crippen LogP contribution in [0.4, 0.5) is 4.39 Å². The third-order valence-electron chi connectivity index (χ3n) is 2.77. The first kappa shape index (κ1) is 15.5. The molecule has 0 fully saturated rings. The molecule has 0 bridgehead atoms. The summed E-state index contributed by atoms with van der Waals surface area (Å²) in [5.74, 6) is -1.24. The van der Waals surface area contributed by atoms with E-state index in [9.17, 15) is 14.0 Å². The van der Waals surface area contributed by atoms with Gasteiger partial charge in [0, 0.05) is 5.56 Å². The monoisotopic (exact) mass is 302 g/mol. The van der Waals surface area contributed by atoms with Crippen molar-refractivity contribution in [2.75, 3.05) is 6.61 Å². The number of benzene rings is 2. The van der Waals surface area contributed by atoms with Gasteiger partial charge in [0.1, 0.15) is 0 Å². The standard InChI is InChI=1S/C16H15FN2O3/c17-13-8-4-5-9-14(13)22-11-10-15(20)18-19-16(21)12-6-2-1-3-7-12/h1-9H,10-11H2,(H,18,20)(H,19,21). The number of carbonyl (C=O) groups excluding carboxylic acids is 2. The first-order valence-corrected chi connectivity index (χ1v) is 6.68. The molecule has 0 aliphatic heterocycles. The quantitative estimate of drug-likeness (QED) is 0.831. The molecule has 0 unspecified atom stereocenters. The van der Waals surface area contributed by atoms with Crippen LogP contribution in [-0.4, -0.2) is 18.4 Å². The number of ether oxygens (including phenoxy) is 1. The molecule has 0 heterocycles. The van der Waals surface area contributed by atoms with Crippen LogP contribution in [0, 0.1) is 5.82 Å². The first-order chi connectivity index (χ1) is 10.7. The number of carbonyl (C=O) groups is 2. The molecule has 6 heteroatoms. The number of nitrogens with one attached hydrogen (secondary N) is 2. The molecule has 2 rings (SSSR count). The lowest BCUT2D eigenvalue weighted by atomic mass is 10.2. The van der Waals surface area contributed by atoms with Crippen molar-refractivity contribution in [1.82, 2.24) is 10.9 Å². The Morgan fingerprint density at radius 2 is 1.64 bits per heavy atom. The lowest BCUT2D eigenvalue weighted by Gasteiger charge is -2.09. The summed E-state index contributed by atoms with van der Waals surface area (Å²) in [7, 11) is 0. The maximum atomic E-state index is 13.3. The normalized spacial score (nSPS) is 9.86. The Kier molecular flexibility index (Phi) is 5.48. The van der Waals surface area contributed by atoms with Crippen LogP contribution in [0.1, 0.15) is 16.8 Å². The summed E-state index contributed by atoms with van der Waals surface area (Å²) in [6.45, 7) is 0.00791. The SMILES string of the molecule is O=C(CCOc1ccccc1F)NNC(=O)c1ccccc1. The van der Waals surface area contributed by atoms with Gasteiger partial charge in [-0.2, -0.15) is 0 Å². The first-order valence-electron chi connectivity index (χ1n) is 6.68. The predicted molar refractivity (Wildman–Crippen MR) is 78.6 cm³/mol. The molecule has 0 radical (unpaired) electrons. The van der Waals surface area contributed by atoms with Crippen molar-refractivity contribution in [3.05, 3.63) is 66.0 Å².